The summed E-state index contributed by atoms with van der Waals surface area (Å²) in [6.07, 6.45) is -0.914. The molecule has 1 amide bonds. The summed E-state index contributed by atoms with van der Waals surface area (Å²) in [6.45, 7) is 0. The molecule has 4 nitrogen and oxygen atoms in total. The molecule has 2 N–H and O–H groups in total. The van der Waals surface area contributed by atoms with Gasteiger partial charge in [-0.3, -0.25) is 4.79 Å². The fourth-order valence-electron chi connectivity index (χ4n) is 2.69. The molecule has 0 aliphatic rings. The number of nitrogens with one attached hydrogen (secondary N) is 1. The number of aliphatic hydroxyl groups excluding tert-OH is 1. The first-order valence-electron chi connectivity index (χ1n) is 8.17. The number of carbonyl (C=O) groups is 1. The lowest BCUT2D eigenvalue weighted by molar-refractivity contribution is 0.102. The Hall–Kier alpha value is -2.34. The first kappa shape index (κ1) is 19.4. The average molecular weight is 447 g/mol. The molecule has 1 unspecified atom stereocenters. The molecule has 1 atom stereocenters. The highest BCUT2D eigenvalue weighted by Gasteiger charge is 2.18. The lowest BCUT2D eigenvalue weighted by Gasteiger charge is -2.17. The van der Waals surface area contributed by atoms with Crippen molar-refractivity contribution in [2.24, 2.45) is 0 Å². The maximum absolute atomic E-state index is 12.7. The van der Waals surface area contributed by atoms with Gasteiger partial charge in [0.25, 0.3) is 5.91 Å². The number of methoxy groups -OCH3 is 1. The molecule has 0 saturated heterocycles. The van der Waals surface area contributed by atoms with Crippen LogP contribution in [0.25, 0.3) is 0 Å². The van der Waals surface area contributed by atoms with Crippen molar-refractivity contribution in [1.82, 2.24) is 0 Å². The summed E-state index contributed by atoms with van der Waals surface area (Å²) in [4.78, 5) is 12.7. The predicted molar refractivity (Wildman–Crippen MR) is 111 cm³/mol. The molecule has 0 aromatic heterocycles. The number of hydrogen-bond acceptors (Lipinski definition) is 3. The summed E-state index contributed by atoms with van der Waals surface area (Å²) in [5.74, 6) is 0.334. The Morgan fingerprint density at radius 1 is 1.11 bits per heavy atom. The van der Waals surface area contributed by atoms with Crippen molar-refractivity contribution in [3.8, 4) is 5.75 Å². The number of ether oxygens (including phenoxy) is 1. The van der Waals surface area contributed by atoms with Crippen LogP contribution in [0, 0.1) is 0 Å². The van der Waals surface area contributed by atoms with E-state index in [9.17, 15) is 9.90 Å². The minimum atomic E-state index is -0.914. The van der Waals surface area contributed by atoms with Crippen LogP contribution in [0.5, 0.6) is 5.75 Å². The lowest BCUT2D eigenvalue weighted by Crippen LogP contribution is -2.15. The molecule has 0 bridgehead atoms. The highest BCUT2D eigenvalue weighted by atomic mass is 79.9. The number of rotatable bonds is 5. The molecule has 3 aromatic rings. The minimum Gasteiger partial charge on any atom is -0.496 e. The molecular weight excluding hydrogens is 430 g/mol. The van der Waals surface area contributed by atoms with Crippen molar-refractivity contribution in [3.05, 3.63) is 92.9 Å². The maximum Gasteiger partial charge on any atom is 0.255 e. The number of aliphatic hydroxyl groups is 1. The van der Waals surface area contributed by atoms with E-state index in [4.69, 9.17) is 16.3 Å². The van der Waals surface area contributed by atoms with Gasteiger partial charge < -0.3 is 15.2 Å². The number of amides is 1. The van der Waals surface area contributed by atoms with Crippen molar-refractivity contribution >= 4 is 39.1 Å². The number of benzene rings is 3. The first-order valence-corrected chi connectivity index (χ1v) is 9.34. The quantitative estimate of drug-likeness (QED) is 0.548. The number of anilines is 1. The number of hydrogen-bond donors (Lipinski definition) is 2. The summed E-state index contributed by atoms with van der Waals surface area (Å²) in [6, 6.07) is 19.3. The van der Waals surface area contributed by atoms with Crippen LogP contribution in [0.2, 0.25) is 5.02 Å². The van der Waals surface area contributed by atoms with Gasteiger partial charge in [0.05, 0.1) is 11.6 Å². The Morgan fingerprint density at radius 2 is 1.85 bits per heavy atom. The first-order chi connectivity index (χ1) is 13.0. The Bertz CT molecular complexity index is 963. The Kier molecular flexibility index (Phi) is 6.16. The van der Waals surface area contributed by atoms with Gasteiger partial charge >= 0.3 is 0 Å². The molecule has 138 valence electrons. The average Bonchev–Trinajstić information content (AvgIpc) is 2.69. The largest absolute Gasteiger partial charge is 0.496 e. The van der Waals surface area contributed by atoms with E-state index in [2.05, 4.69) is 21.2 Å². The predicted octanol–water partition coefficient (Wildman–Crippen LogP) is 5.45. The molecule has 0 heterocycles. The zero-order chi connectivity index (χ0) is 19.4. The number of carbonyl (C=O) groups excluding carboxylic acids is 1. The maximum atomic E-state index is 12.7. The van der Waals surface area contributed by atoms with Gasteiger partial charge in [-0.2, -0.15) is 0 Å². The van der Waals surface area contributed by atoms with Crippen LogP contribution >= 0.6 is 27.5 Å². The summed E-state index contributed by atoms with van der Waals surface area (Å²) < 4.78 is 5.86. The van der Waals surface area contributed by atoms with Crippen molar-refractivity contribution in [2.75, 3.05) is 12.4 Å². The molecular formula is C21H17BrClNO3. The van der Waals surface area contributed by atoms with Crippen molar-refractivity contribution in [3.63, 3.8) is 0 Å². The van der Waals surface area contributed by atoms with Crippen molar-refractivity contribution < 1.29 is 14.6 Å². The second-order valence-electron chi connectivity index (χ2n) is 5.85. The summed E-state index contributed by atoms with van der Waals surface area (Å²) in [5, 5.41) is 14.1. The fourth-order valence-corrected chi connectivity index (χ4v) is 3.41. The smallest absolute Gasteiger partial charge is 0.255 e. The Labute approximate surface area is 170 Å². The van der Waals surface area contributed by atoms with E-state index in [0.29, 0.717) is 37.6 Å². The third-order valence-electron chi connectivity index (χ3n) is 4.09. The van der Waals surface area contributed by atoms with E-state index in [-0.39, 0.29) is 5.91 Å². The van der Waals surface area contributed by atoms with Crippen LogP contribution in [0.4, 0.5) is 5.69 Å². The molecule has 27 heavy (non-hydrogen) atoms. The third-order valence-corrected chi connectivity index (χ3v) is 4.94. The van der Waals surface area contributed by atoms with Crippen LogP contribution in [0.15, 0.2) is 71.2 Å². The standard InChI is InChI=1S/C21H17BrClNO3/c1-27-19-10-7-14(11-17(19)22)21(26)24-18-9-8-15(23)12-16(18)20(25)13-5-3-2-4-6-13/h2-12,20,25H,1H3,(H,24,26). The van der Waals surface area contributed by atoms with Crippen molar-refractivity contribution in [2.45, 2.75) is 6.10 Å². The second kappa shape index (κ2) is 8.57. The summed E-state index contributed by atoms with van der Waals surface area (Å²) in [7, 11) is 1.56. The monoisotopic (exact) mass is 445 g/mol. The Balaban J connectivity index is 1.91. The van der Waals surface area contributed by atoms with Crippen LogP contribution < -0.4 is 10.1 Å². The normalized spacial score (nSPS) is 11.7. The zero-order valence-corrected chi connectivity index (χ0v) is 16.8. The second-order valence-corrected chi connectivity index (χ2v) is 7.14. The summed E-state index contributed by atoms with van der Waals surface area (Å²) in [5.41, 5.74) is 2.18. The molecule has 3 aromatic carbocycles. The van der Waals surface area contributed by atoms with E-state index >= 15 is 0 Å². The van der Waals surface area contributed by atoms with E-state index < -0.39 is 6.10 Å². The van der Waals surface area contributed by atoms with Crippen LogP contribution in [-0.4, -0.2) is 18.1 Å². The summed E-state index contributed by atoms with van der Waals surface area (Å²) >= 11 is 9.49. The van der Waals surface area contributed by atoms with Gasteiger partial charge in [0.2, 0.25) is 0 Å². The van der Waals surface area contributed by atoms with Crippen LogP contribution in [0.3, 0.4) is 0 Å². The topological polar surface area (TPSA) is 58.6 Å². The van der Waals surface area contributed by atoms with E-state index in [1.54, 1.807) is 43.5 Å². The van der Waals surface area contributed by atoms with Gasteiger partial charge in [0.1, 0.15) is 11.9 Å². The van der Waals surface area contributed by atoms with E-state index in [1.165, 1.54) is 0 Å². The van der Waals surface area contributed by atoms with Crippen LogP contribution in [0.1, 0.15) is 27.6 Å². The molecule has 0 aliphatic heterocycles. The van der Waals surface area contributed by atoms with Gasteiger partial charge in [-0.05, 0) is 57.9 Å². The van der Waals surface area contributed by atoms with E-state index in [0.717, 1.165) is 0 Å². The molecule has 6 heteroatoms. The lowest BCUT2D eigenvalue weighted by atomic mass is 9.99. The highest BCUT2D eigenvalue weighted by molar-refractivity contribution is 9.10. The van der Waals surface area contributed by atoms with Crippen LogP contribution in [-0.2, 0) is 0 Å². The molecule has 0 aliphatic carbocycles. The van der Waals surface area contributed by atoms with Gasteiger partial charge in [0.15, 0.2) is 0 Å². The zero-order valence-electron chi connectivity index (χ0n) is 14.4. The van der Waals surface area contributed by atoms with Gasteiger partial charge in [-0.1, -0.05) is 41.9 Å². The highest BCUT2D eigenvalue weighted by Crippen LogP contribution is 2.32. The Morgan fingerprint density at radius 3 is 2.52 bits per heavy atom. The molecule has 0 saturated carbocycles. The minimum absolute atomic E-state index is 0.304. The van der Waals surface area contributed by atoms with E-state index in [1.807, 2.05) is 30.3 Å². The van der Waals surface area contributed by atoms with Gasteiger partial charge in [-0.25, -0.2) is 0 Å². The third kappa shape index (κ3) is 4.50. The SMILES string of the molecule is COc1ccc(C(=O)Nc2ccc(Cl)cc2C(O)c2ccccc2)cc1Br. The fraction of sp³-hybridized carbons (Fsp3) is 0.0952. The number of halogens is 2. The molecule has 0 radical (unpaired) electrons. The van der Waals surface area contributed by atoms with Gasteiger partial charge in [-0.15, -0.1) is 0 Å². The molecule has 0 spiro atoms. The van der Waals surface area contributed by atoms with Crippen molar-refractivity contribution in [1.29, 1.82) is 0 Å². The molecule has 0 fully saturated rings. The van der Waals surface area contributed by atoms with Gasteiger partial charge in [0, 0.05) is 21.8 Å². The molecule has 3 rings (SSSR count).